The number of fused-ring (bicyclic) bond motifs is 22. The van der Waals surface area contributed by atoms with Gasteiger partial charge in [0.15, 0.2) is 0 Å². The van der Waals surface area contributed by atoms with Crippen molar-refractivity contribution in [3.63, 3.8) is 0 Å². The van der Waals surface area contributed by atoms with Gasteiger partial charge in [-0.15, -0.1) is 0 Å². The third kappa shape index (κ3) is 5.45. The zero-order valence-corrected chi connectivity index (χ0v) is 41.5. The summed E-state index contributed by atoms with van der Waals surface area (Å²) in [6.07, 6.45) is 0. The Morgan fingerprint density at radius 2 is 0.532 bits per heavy atom. The zero-order chi connectivity index (χ0) is 50.1. The van der Waals surface area contributed by atoms with Crippen molar-refractivity contribution in [3.05, 3.63) is 277 Å². The predicted octanol–water partition coefficient (Wildman–Crippen LogP) is 19.4. The third-order valence-electron chi connectivity index (χ3n) is 17.3. The summed E-state index contributed by atoms with van der Waals surface area (Å²) in [5.41, 5.74) is 24.8. The molecule has 18 rings (SSSR count). The SMILES string of the molecule is c1ccc2c(c1)oc1ccc(-c3ccc4c(c3)-c3cc(-n5c6ccccc6c6ccccc65)ccc3C43c4ccc(-c5ccc6oc7ccccc7c6c5)cc4-c4cc(-n5c6ccccc6c6ccccc65)ccc43)cc12. The summed E-state index contributed by atoms with van der Waals surface area (Å²) in [5.74, 6) is 0. The summed E-state index contributed by atoms with van der Waals surface area (Å²) in [5, 5.41) is 9.49. The van der Waals surface area contributed by atoms with Crippen LogP contribution in [0.2, 0.25) is 0 Å². The van der Waals surface area contributed by atoms with Crippen LogP contribution in [0.4, 0.5) is 0 Å². The quantitative estimate of drug-likeness (QED) is 0.176. The lowest BCUT2D eigenvalue weighted by Crippen LogP contribution is -2.26. The van der Waals surface area contributed by atoms with Crippen molar-refractivity contribution in [1.82, 2.24) is 9.13 Å². The van der Waals surface area contributed by atoms with Gasteiger partial charge in [-0.1, -0.05) is 158 Å². The standard InChI is InChI=1S/C73H42N2O2/c1-7-19-65-49(13-1)50-14-2-8-20-66(50)74(65)47-29-33-63-57(41-47)55-37-43(45-27-35-71-59(39-45)53-17-5-11-23-69(53)76-71)25-31-61(55)73(63)62-32-26-44(46-28-36-72-60(40-46)54-18-6-12-24-70(54)77-72)38-56(62)58-42-48(30-34-64(58)73)75-67-21-9-3-15-51(67)52-16-4-10-22-68(52)75/h1-42H. The topological polar surface area (TPSA) is 36.1 Å². The van der Waals surface area contributed by atoms with Gasteiger partial charge in [0.2, 0.25) is 0 Å². The van der Waals surface area contributed by atoms with Crippen LogP contribution >= 0.6 is 0 Å². The molecular formula is C73H42N2O2. The second-order valence-electron chi connectivity index (χ2n) is 21.1. The first-order valence-electron chi connectivity index (χ1n) is 26.6. The molecule has 2 aliphatic carbocycles. The molecule has 12 aromatic carbocycles. The van der Waals surface area contributed by atoms with Gasteiger partial charge < -0.3 is 18.0 Å². The van der Waals surface area contributed by atoms with Crippen LogP contribution in [0.3, 0.4) is 0 Å². The number of furan rings is 2. The van der Waals surface area contributed by atoms with Crippen LogP contribution in [0.5, 0.6) is 0 Å². The smallest absolute Gasteiger partial charge is 0.135 e. The fraction of sp³-hybridized carbons (Fsp3) is 0.0137. The lowest BCUT2D eigenvalue weighted by Gasteiger charge is -2.31. The van der Waals surface area contributed by atoms with E-state index in [0.29, 0.717) is 0 Å². The largest absolute Gasteiger partial charge is 0.456 e. The van der Waals surface area contributed by atoms with Crippen LogP contribution < -0.4 is 0 Å². The Labute approximate surface area is 441 Å². The summed E-state index contributed by atoms with van der Waals surface area (Å²) in [6.45, 7) is 0. The van der Waals surface area contributed by atoms with Gasteiger partial charge in [0.1, 0.15) is 22.3 Å². The summed E-state index contributed by atoms with van der Waals surface area (Å²) in [4.78, 5) is 0. The highest BCUT2D eigenvalue weighted by atomic mass is 16.3. The second-order valence-corrected chi connectivity index (χ2v) is 21.1. The van der Waals surface area contributed by atoms with E-state index in [2.05, 4.69) is 252 Å². The molecule has 0 radical (unpaired) electrons. The van der Waals surface area contributed by atoms with Crippen LogP contribution in [0.1, 0.15) is 22.3 Å². The maximum absolute atomic E-state index is 6.34. The predicted molar refractivity (Wildman–Crippen MR) is 317 cm³/mol. The van der Waals surface area contributed by atoms with Gasteiger partial charge in [-0.2, -0.15) is 0 Å². The van der Waals surface area contributed by atoms with Crippen molar-refractivity contribution >= 4 is 87.5 Å². The van der Waals surface area contributed by atoms with Crippen LogP contribution in [-0.2, 0) is 5.41 Å². The number of nitrogens with zero attached hydrogens (tertiary/aromatic N) is 2. The van der Waals surface area contributed by atoms with E-state index in [9.17, 15) is 0 Å². The van der Waals surface area contributed by atoms with E-state index in [1.807, 2.05) is 12.1 Å². The highest BCUT2D eigenvalue weighted by Crippen LogP contribution is 2.64. The van der Waals surface area contributed by atoms with E-state index in [4.69, 9.17) is 8.83 Å². The van der Waals surface area contributed by atoms with Crippen LogP contribution in [0.15, 0.2) is 264 Å². The van der Waals surface area contributed by atoms with Crippen LogP contribution in [0, 0.1) is 0 Å². The molecule has 4 heteroatoms. The Bertz CT molecular complexity index is 4810. The first-order valence-corrected chi connectivity index (χ1v) is 26.6. The zero-order valence-electron chi connectivity index (χ0n) is 41.5. The van der Waals surface area contributed by atoms with E-state index in [1.165, 1.54) is 99.2 Å². The lowest BCUT2D eigenvalue weighted by molar-refractivity contribution is 0.668. The third-order valence-corrected chi connectivity index (χ3v) is 17.3. The Morgan fingerprint density at radius 1 is 0.234 bits per heavy atom. The molecule has 0 atom stereocenters. The number of benzene rings is 12. The van der Waals surface area contributed by atoms with Crippen molar-refractivity contribution in [2.24, 2.45) is 0 Å². The molecule has 2 aliphatic rings. The molecule has 0 aliphatic heterocycles. The monoisotopic (exact) mass is 978 g/mol. The number of hydrogen-bond acceptors (Lipinski definition) is 2. The normalized spacial score (nSPS) is 13.3. The average Bonchev–Trinajstić information content (AvgIpc) is 4.52. The minimum atomic E-state index is -0.624. The first kappa shape index (κ1) is 41.2. The highest BCUT2D eigenvalue weighted by molar-refractivity contribution is 6.12. The molecule has 0 saturated heterocycles. The molecule has 16 aromatic rings. The van der Waals surface area contributed by atoms with Gasteiger partial charge in [0, 0.05) is 54.5 Å². The van der Waals surface area contributed by atoms with Crippen LogP contribution in [0.25, 0.3) is 143 Å². The summed E-state index contributed by atoms with van der Waals surface area (Å²) >= 11 is 0. The molecule has 4 aromatic heterocycles. The summed E-state index contributed by atoms with van der Waals surface area (Å²) < 4.78 is 17.6. The Balaban J connectivity index is 0.918. The van der Waals surface area contributed by atoms with E-state index in [0.717, 1.165) is 66.4 Å². The van der Waals surface area contributed by atoms with E-state index in [1.54, 1.807) is 0 Å². The van der Waals surface area contributed by atoms with Crippen LogP contribution in [-0.4, -0.2) is 9.13 Å². The molecule has 0 N–H and O–H groups in total. The molecular weight excluding hydrogens is 937 g/mol. The van der Waals surface area contributed by atoms with E-state index in [-0.39, 0.29) is 0 Å². The fourth-order valence-electron chi connectivity index (χ4n) is 14.1. The minimum absolute atomic E-state index is 0.624. The van der Waals surface area contributed by atoms with Crippen molar-refractivity contribution in [2.75, 3.05) is 0 Å². The van der Waals surface area contributed by atoms with Crippen molar-refractivity contribution in [1.29, 1.82) is 0 Å². The lowest BCUT2D eigenvalue weighted by atomic mass is 9.70. The molecule has 356 valence electrons. The molecule has 1 spiro atoms. The highest BCUT2D eigenvalue weighted by Gasteiger charge is 2.52. The first-order chi connectivity index (χ1) is 38.2. The second kappa shape index (κ2) is 15.0. The molecule has 0 unspecified atom stereocenters. The molecule has 4 heterocycles. The number of rotatable bonds is 4. The number of para-hydroxylation sites is 6. The maximum atomic E-state index is 6.34. The number of hydrogen-bond donors (Lipinski definition) is 0. The van der Waals surface area contributed by atoms with E-state index >= 15 is 0 Å². The maximum Gasteiger partial charge on any atom is 0.135 e. The van der Waals surface area contributed by atoms with Crippen molar-refractivity contribution in [3.8, 4) is 55.9 Å². The number of aromatic nitrogens is 2. The Hall–Kier alpha value is -10.2. The minimum Gasteiger partial charge on any atom is -0.456 e. The van der Waals surface area contributed by atoms with Gasteiger partial charge >= 0.3 is 0 Å². The molecule has 4 nitrogen and oxygen atoms in total. The Kier molecular flexibility index (Phi) is 8.03. The van der Waals surface area contributed by atoms with Gasteiger partial charge in [-0.05, 0) is 164 Å². The summed E-state index contributed by atoms with van der Waals surface area (Å²) in [7, 11) is 0. The molecule has 0 bridgehead atoms. The van der Waals surface area contributed by atoms with Gasteiger partial charge in [-0.3, -0.25) is 0 Å². The van der Waals surface area contributed by atoms with Gasteiger partial charge in [0.05, 0.1) is 27.5 Å². The van der Waals surface area contributed by atoms with Crippen molar-refractivity contribution in [2.45, 2.75) is 5.41 Å². The molecule has 0 amide bonds. The Morgan fingerprint density at radius 3 is 0.935 bits per heavy atom. The fourth-order valence-corrected chi connectivity index (χ4v) is 14.1. The molecule has 77 heavy (non-hydrogen) atoms. The summed E-state index contributed by atoms with van der Waals surface area (Å²) in [6, 6.07) is 94.4. The molecule has 0 saturated carbocycles. The van der Waals surface area contributed by atoms with Gasteiger partial charge in [0.25, 0.3) is 0 Å². The van der Waals surface area contributed by atoms with E-state index < -0.39 is 5.41 Å². The van der Waals surface area contributed by atoms with Gasteiger partial charge in [-0.25, -0.2) is 0 Å². The van der Waals surface area contributed by atoms with Crippen molar-refractivity contribution < 1.29 is 8.83 Å². The molecule has 0 fully saturated rings. The average molecular weight is 979 g/mol.